The van der Waals surface area contributed by atoms with Crippen LogP contribution in [0.25, 0.3) is 0 Å². The van der Waals surface area contributed by atoms with Gasteiger partial charge >= 0.3 is 0 Å². The van der Waals surface area contributed by atoms with Crippen molar-refractivity contribution in [2.45, 2.75) is 33.8 Å². The van der Waals surface area contributed by atoms with Gasteiger partial charge in [-0.3, -0.25) is 4.79 Å². The topological polar surface area (TPSA) is 47.6 Å². The van der Waals surface area contributed by atoms with Gasteiger partial charge in [0.2, 0.25) is 0 Å². The Kier molecular flexibility index (Phi) is 6.90. The first-order chi connectivity index (χ1) is 14.1. The molecule has 3 aromatic carbocycles. The summed E-state index contributed by atoms with van der Waals surface area (Å²) < 4.78 is 11.6. The summed E-state index contributed by atoms with van der Waals surface area (Å²) in [6, 6.07) is 21.2. The van der Waals surface area contributed by atoms with Gasteiger partial charge in [-0.1, -0.05) is 42.8 Å². The number of benzene rings is 3. The van der Waals surface area contributed by atoms with E-state index in [0.29, 0.717) is 18.8 Å². The van der Waals surface area contributed by atoms with E-state index < -0.39 is 0 Å². The van der Waals surface area contributed by atoms with E-state index in [1.54, 1.807) is 6.07 Å². The fourth-order valence-corrected chi connectivity index (χ4v) is 3.07. The average Bonchev–Trinajstić information content (AvgIpc) is 2.74. The summed E-state index contributed by atoms with van der Waals surface area (Å²) in [4.78, 5) is 12.8. The van der Waals surface area contributed by atoms with Gasteiger partial charge in [0.25, 0.3) is 5.91 Å². The van der Waals surface area contributed by atoms with Crippen LogP contribution in [-0.4, -0.2) is 12.5 Å². The first-order valence-corrected chi connectivity index (χ1v) is 9.95. The number of amides is 1. The maximum atomic E-state index is 12.8. The zero-order chi connectivity index (χ0) is 20.6. The van der Waals surface area contributed by atoms with Gasteiger partial charge in [-0.15, -0.1) is 0 Å². The largest absolute Gasteiger partial charge is 0.493 e. The number of carbonyl (C=O) groups is 1. The predicted molar refractivity (Wildman–Crippen MR) is 117 cm³/mol. The lowest BCUT2D eigenvalue weighted by atomic mass is 10.1. The first-order valence-electron chi connectivity index (χ1n) is 9.95. The predicted octanol–water partition coefficient (Wildman–Crippen LogP) is 5.79. The number of rotatable bonds is 8. The molecule has 0 saturated carbocycles. The maximum Gasteiger partial charge on any atom is 0.255 e. The Morgan fingerprint density at radius 3 is 2.38 bits per heavy atom. The van der Waals surface area contributed by atoms with Gasteiger partial charge in [0.05, 0.1) is 6.61 Å². The second kappa shape index (κ2) is 9.78. The lowest BCUT2D eigenvalue weighted by molar-refractivity contribution is 0.102. The van der Waals surface area contributed by atoms with E-state index >= 15 is 0 Å². The van der Waals surface area contributed by atoms with E-state index in [-0.39, 0.29) is 5.91 Å². The molecule has 0 spiro atoms. The molecule has 0 saturated heterocycles. The van der Waals surface area contributed by atoms with Crippen molar-refractivity contribution in [3.05, 3.63) is 89.0 Å². The molecule has 4 heteroatoms. The molecule has 0 atom stereocenters. The molecule has 3 rings (SSSR count). The minimum Gasteiger partial charge on any atom is -0.493 e. The van der Waals surface area contributed by atoms with Crippen molar-refractivity contribution in [1.29, 1.82) is 0 Å². The third kappa shape index (κ3) is 5.38. The average molecular weight is 389 g/mol. The van der Waals surface area contributed by atoms with Crippen molar-refractivity contribution < 1.29 is 14.3 Å². The summed E-state index contributed by atoms with van der Waals surface area (Å²) in [6.07, 6.45) is 0.857. The van der Waals surface area contributed by atoms with E-state index in [1.165, 1.54) is 5.56 Å². The molecule has 0 aromatic heterocycles. The number of anilines is 1. The molecule has 3 aromatic rings. The fourth-order valence-electron chi connectivity index (χ4n) is 3.07. The van der Waals surface area contributed by atoms with E-state index in [0.717, 1.165) is 34.7 Å². The van der Waals surface area contributed by atoms with Gasteiger partial charge in [0, 0.05) is 16.8 Å². The summed E-state index contributed by atoms with van der Waals surface area (Å²) in [7, 11) is 0. The van der Waals surface area contributed by atoms with Crippen LogP contribution >= 0.6 is 0 Å². The minimum absolute atomic E-state index is 0.148. The molecule has 0 radical (unpaired) electrons. The molecule has 150 valence electrons. The standard InChI is InChI=1S/C25H27NO3/c1-4-19-8-6-7-9-23(19)26-25(27)20-12-15-24(28-5-2)21(16-20)17-29-22-13-10-18(3)11-14-22/h6-16H,4-5,17H2,1-3H3,(H,26,27). The molecule has 0 unspecified atom stereocenters. The Morgan fingerprint density at radius 1 is 0.897 bits per heavy atom. The number of carbonyl (C=O) groups excluding carboxylic acids is 1. The lowest BCUT2D eigenvalue weighted by Crippen LogP contribution is -2.14. The molecule has 0 heterocycles. The summed E-state index contributed by atoms with van der Waals surface area (Å²) in [5.41, 5.74) is 4.53. The Labute approximate surface area is 172 Å². The molecule has 0 aliphatic carbocycles. The highest BCUT2D eigenvalue weighted by molar-refractivity contribution is 6.04. The second-order valence-electron chi connectivity index (χ2n) is 6.82. The van der Waals surface area contributed by atoms with E-state index in [2.05, 4.69) is 12.2 Å². The van der Waals surface area contributed by atoms with Gasteiger partial charge in [-0.05, 0) is 62.2 Å². The molecule has 4 nitrogen and oxygen atoms in total. The van der Waals surface area contributed by atoms with Crippen LogP contribution in [0.4, 0.5) is 5.69 Å². The smallest absolute Gasteiger partial charge is 0.255 e. The molecule has 0 bridgehead atoms. The summed E-state index contributed by atoms with van der Waals surface area (Å²) in [6.45, 7) is 6.92. The zero-order valence-electron chi connectivity index (χ0n) is 17.2. The van der Waals surface area contributed by atoms with Crippen LogP contribution in [0.1, 0.15) is 40.9 Å². The molecule has 0 aliphatic heterocycles. The third-order valence-electron chi connectivity index (χ3n) is 4.68. The van der Waals surface area contributed by atoms with Crippen LogP contribution in [0.5, 0.6) is 11.5 Å². The SMILES string of the molecule is CCOc1ccc(C(=O)Nc2ccccc2CC)cc1COc1ccc(C)cc1. The van der Waals surface area contributed by atoms with Crippen LogP contribution in [0.2, 0.25) is 0 Å². The molecular weight excluding hydrogens is 362 g/mol. The summed E-state index contributed by atoms with van der Waals surface area (Å²) in [5, 5.41) is 3.02. The van der Waals surface area contributed by atoms with Gasteiger partial charge < -0.3 is 14.8 Å². The van der Waals surface area contributed by atoms with Gasteiger partial charge in [0.15, 0.2) is 0 Å². The van der Waals surface area contributed by atoms with Crippen molar-refractivity contribution >= 4 is 11.6 Å². The van der Waals surface area contributed by atoms with Crippen LogP contribution in [-0.2, 0) is 13.0 Å². The number of aryl methyl sites for hydroxylation is 2. The second-order valence-corrected chi connectivity index (χ2v) is 6.82. The highest BCUT2D eigenvalue weighted by Gasteiger charge is 2.13. The molecule has 0 aliphatic rings. The van der Waals surface area contributed by atoms with Crippen molar-refractivity contribution in [2.75, 3.05) is 11.9 Å². The molecule has 1 N–H and O–H groups in total. The fraction of sp³-hybridized carbons (Fsp3) is 0.240. The van der Waals surface area contributed by atoms with E-state index in [9.17, 15) is 4.79 Å². The molecular formula is C25H27NO3. The number of nitrogens with one attached hydrogen (secondary N) is 1. The van der Waals surface area contributed by atoms with E-state index in [4.69, 9.17) is 9.47 Å². The highest BCUT2D eigenvalue weighted by Crippen LogP contribution is 2.24. The van der Waals surface area contributed by atoms with E-state index in [1.807, 2.05) is 74.5 Å². The number of ether oxygens (including phenoxy) is 2. The highest BCUT2D eigenvalue weighted by atomic mass is 16.5. The summed E-state index contributed by atoms with van der Waals surface area (Å²) >= 11 is 0. The van der Waals surface area contributed by atoms with Crippen molar-refractivity contribution in [3.63, 3.8) is 0 Å². The zero-order valence-corrected chi connectivity index (χ0v) is 17.2. The Balaban J connectivity index is 1.79. The Hall–Kier alpha value is -3.27. The third-order valence-corrected chi connectivity index (χ3v) is 4.68. The quantitative estimate of drug-likeness (QED) is 0.531. The van der Waals surface area contributed by atoms with Crippen LogP contribution in [0.15, 0.2) is 66.7 Å². The number of hydrogen-bond acceptors (Lipinski definition) is 3. The maximum absolute atomic E-state index is 12.8. The minimum atomic E-state index is -0.148. The Bertz CT molecular complexity index is 964. The van der Waals surface area contributed by atoms with Crippen LogP contribution < -0.4 is 14.8 Å². The van der Waals surface area contributed by atoms with Gasteiger partial charge in [-0.25, -0.2) is 0 Å². The molecule has 1 amide bonds. The van der Waals surface area contributed by atoms with Crippen LogP contribution in [0.3, 0.4) is 0 Å². The van der Waals surface area contributed by atoms with Gasteiger partial charge in [0.1, 0.15) is 18.1 Å². The van der Waals surface area contributed by atoms with Crippen LogP contribution in [0, 0.1) is 6.92 Å². The normalized spacial score (nSPS) is 10.4. The van der Waals surface area contributed by atoms with Crippen molar-refractivity contribution in [2.24, 2.45) is 0 Å². The van der Waals surface area contributed by atoms with Gasteiger partial charge in [-0.2, -0.15) is 0 Å². The number of para-hydroxylation sites is 1. The summed E-state index contributed by atoms with van der Waals surface area (Å²) in [5.74, 6) is 1.36. The monoisotopic (exact) mass is 389 g/mol. The Morgan fingerprint density at radius 2 is 1.66 bits per heavy atom. The molecule has 29 heavy (non-hydrogen) atoms. The van der Waals surface area contributed by atoms with Crippen molar-refractivity contribution in [1.82, 2.24) is 0 Å². The lowest BCUT2D eigenvalue weighted by Gasteiger charge is -2.14. The number of hydrogen-bond donors (Lipinski definition) is 1. The van der Waals surface area contributed by atoms with Crippen molar-refractivity contribution in [3.8, 4) is 11.5 Å². The first kappa shape index (κ1) is 20.5. The molecule has 0 fully saturated rings.